The van der Waals surface area contributed by atoms with Gasteiger partial charge in [-0.3, -0.25) is 14.3 Å². The average Bonchev–Trinajstić information content (AvgIpc) is 3.21. The van der Waals surface area contributed by atoms with Crippen LogP contribution in [0.15, 0.2) is 99.7 Å². The van der Waals surface area contributed by atoms with E-state index in [1.54, 1.807) is 61.1 Å². The molecule has 0 saturated carbocycles. The van der Waals surface area contributed by atoms with Crippen molar-refractivity contribution in [1.29, 1.82) is 0 Å². The Bertz CT molecular complexity index is 1670. The van der Waals surface area contributed by atoms with Crippen LogP contribution in [0.25, 0.3) is 5.69 Å². The molecule has 0 atom stereocenters. The number of nitrogens with one attached hydrogen (secondary N) is 1. The highest BCUT2D eigenvalue weighted by atomic mass is 32.2. The topological polar surface area (TPSA) is 109 Å². The molecule has 0 aliphatic heterocycles. The molecule has 10 nitrogen and oxygen atoms in total. The molecule has 0 saturated heterocycles. The first-order valence-electron chi connectivity index (χ1n) is 13.3. The van der Waals surface area contributed by atoms with Gasteiger partial charge in [-0.25, -0.2) is 22.8 Å². The number of benzene rings is 3. The van der Waals surface area contributed by atoms with Crippen molar-refractivity contribution in [3.8, 4) is 5.69 Å². The molecule has 4 rings (SSSR count). The van der Waals surface area contributed by atoms with E-state index in [2.05, 4.69) is 29.3 Å². The lowest BCUT2D eigenvalue weighted by molar-refractivity contribution is -0.119. The van der Waals surface area contributed by atoms with Crippen LogP contribution in [-0.4, -0.2) is 49.5 Å². The van der Waals surface area contributed by atoms with Gasteiger partial charge in [0.25, 0.3) is 21.5 Å². The summed E-state index contributed by atoms with van der Waals surface area (Å²) in [5, 5.41) is 4.02. The van der Waals surface area contributed by atoms with E-state index in [1.807, 2.05) is 30.3 Å². The summed E-state index contributed by atoms with van der Waals surface area (Å²) in [4.78, 5) is 28.9. The van der Waals surface area contributed by atoms with Crippen LogP contribution in [0.3, 0.4) is 0 Å². The molecule has 0 aliphatic carbocycles. The molecule has 214 valence electrons. The summed E-state index contributed by atoms with van der Waals surface area (Å²) in [7, 11) is -2.62. The molecule has 1 aromatic heterocycles. The molecule has 3 aromatic carbocycles. The minimum absolute atomic E-state index is 0.0430. The number of carbonyl (C=O) groups is 1. The molecule has 4 aromatic rings. The van der Waals surface area contributed by atoms with Crippen LogP contribution in [0.2, 0.25) is 0 Å². The molecule has 1 amide bonds. The Morgan fingerprint density at radius 2 is 1.51 bits per heavy atom. The fourth-order valence-corrected chi connectivity index (χ4v) is 6.04. The third-order valence-corrected chi connectivity index (χ3v) is 8.58. The zero-order valence-electron chi connectivity index (χ0n) is 23.6. The van der Waals surface area contributed by atoms with Crippen molar-refractivity contribution < 1.29 is 13.2 Å². The number of rotatable bonds is 11. The summed E-state index contributed by atoms with van der Waals surface area (Å²) in [6.45, 7) is 6.94. The third-order valence-electron chi connectivity index (χ3n) is 6.82. The van der Waals surface area contributed by atoms with Crippen LogP contribution in [0.4, 0.5) is 11.4 Å². The zero-order chi connectivity index (χ0) is 29.6. The van der Waals surface area contributed by atoms with Gasteiger partial charge in [-0.15, -0.1) is 0 Å². The number of amides is 1. The Morgan fingerprint density at radius 3 is 2.10 bits per heavy atom. The lowest BCUT2D eigenvalue weighted by Crippen LogP contribution is -2.42. The first-order valence-corrected chi connectivity index (χ1v) is 14.7. The van der Waals surface area contributed by atoms with Gasteiger partial charge in [0.2, 0.25) is 0 Å². The lowest BCUT2D eigenvalue weighted by atomic mass is 10.2. The predicted molar refractivity (Wildman–Crippen MR) is 162 cm³/mol. The number of nitrogens with zero attached hydrogens (tertiary/aromatic N) is 5. The van der Waals surface area contributed by atoms with Crippen molar-refractivity contribution in [2.24, 2.45) is 12.1 Å². The molecule has 0 spiro atoms. The van der Waals surface area contributed by atoms with Gasteiger partial charge < -0.3 is 4.90 Å². The van der Waals surface area contributed by atoms with Gasteiger partial charge in [-0.1, -0.05) is 48.5 Å². The van der Waals surface area contributed by atoms with E-state index >= 15 is 0 Å². The number of aromatic nitrogens is 2. The molecule has 0 unspecified atom stereocenters. The Labute approximate surface area is 240 Å². The van der Waals surface area contributed by atoms with E-state index in [0.29, 0.717) is 11.4 Å². The number of para-hydroxylation sites is 1. The molecule has 41 heavy (non-hydrogen) atoms. The maximum Gasteiger partial charge on any atom is 0.296 e. The van der Waals surface area contributed by atoms with E-state index in [0.717, 1.165) is 28.6 Å². The Kier molecular flexibility index (Phi) is 9.08. The van der Waals surface area contributed by atoms with Crippen LogP contribution in [-0.2, 0) is 21.9 Å². The highest BCUT2D eigenvalue weighted by Crippen LogP contribution is 2.25. The van der Waals surface area contributed by atoms with Crippen LogP contribution in [0.5, 0.6) is 0 Å². The first kappa shape index (κ1) is 29.3. The van der Waals surface area contributed by atoms with Gasteiger partial charge in [0.1, 0.15) is 12.2 Å². The fourth-order valence-electron chi connectivity index (χ4n) is 4.55. The van der Waals surface area contributed by atoms with Crippen molar-refractivity contribution in [3.05, 3.63) is 107 Å². The Balaban J connectivity index is 1.65. The minimum atomic E-state index is -4.29. The van der Waals surface area contributed by atoms with E-state index in [1.165, 1.54) is 23.0 Å². The second kappa shape index (κ2) is 12.7. The molecular weight excluding hydrogens is 540 g/mol. The summed E-state index contributed by atoms with van der Waals surface area (Å²) >= 11 is 0. The summed E-state index contributed by atoms with van der Waals surface area (Å²) in [6.07, 6.45) is 1.48. The van der Waals surface area contributed by atoms with Gasteiger partial charge in [0.15, 0.2) is 0 Å². The van der Waals surface area contributed by atoms with Crippen molar-refractivity contribution in [3.63, 3.8) is 0 Å². The number of hydrazone groups is 1. The third kappa shape index (κ3) is 6.25. The highest BCUT2D eigenvalue weighted by Gasteiger charge is 2.33. The van der Waals surface area contributed by atoms with Crippen LogP contribution in [0.1, 0.15) is 25.1 Å². The van der Waals surface area contributed by atoms with Crippen molar-refractivity contribution >= 4 is 33.5 Å². The number of sulfonamides is 1. The number of anilines is 2. The van der Waals surface area contributed by atoms with Gasteiger partial charge in [-0.05, 0) is 62.7 Å². The first-order chi connectivity index (χ1) is 19.7. The largest absolute Gasteiger partial charge is 0.372 e. The van der Waals surface area contributed by atoms with E-state index in [-0.39, 0.29) is 10.6 Å². The molecule has 1 heterocycles. The van der Waals surface area contributed by atoms with E-state index < -0.39 is 28.0 Å². The zero-order valence-corrected chi connectivity index (χ0v) is 24.4. The van der Waals surface area contributed by atoms with Gasteiger partial charge >= 0.3 is 0 Å². The van der Waals surface area contributed by atoms with E-state index in [4.69, 9.17) is 0 Å². The van der Waals surface area contributed by atoms with Gasteiger partial charge in [-0.2, -0.15) is 5.10 Å². The second-order valence-electron chi connectivity index (χ2n) is 9.29. The standard InChI is InChI=1S/C30H34N6O4S/c1-5-34(6-2)25-19-17-24(18-20-25)21-31-32-28(37)22-35(41(39,40)27-15-11-8-12-16-27)29-23(3)33(4)36(30(29)38)26-13-9-7-10-14-26/h7-21H,5-6,22H2,1-4H3,(H,32,37)/b31-21-. The molecule has 11 heteroatoms. The summed E-state index contributed by atoms with van der Waals surface area (Å²) in [5.41, 5.74) is 4.50. The smallest absolute Gasteiger partial charge is 0.296 e. The molecule has 0 radical (unpaired) electrons. The normalized spacial score (nSPS) is 11.5. The Hall–Kier alpha value is -4.64. The quantitative estimate of drug-likeness (QED) is 0.217. The van der Waals surface area contributed by atoms with Crippen molar-refractivity contribution in [1.82, 2.24) is 14.8 Å². The maximum atomic E-state index is 13.8. The number of hydrogen-bond acceptors (Lipinski definition) is 6. The van der Waals surface area contributed by atoms with Crippen LogP contribution < -0.4 is 20.2 Å². The van der Waals surface area contributed by atoms with Crippen molar-refractivity contribution in [2.45, 2.75) is 25.7 Å². The summed E-state index contributed by atoms with van der Waals surface area (Å²) < 4.78 is 31.4. The molecule has 0 bridgehead atoms. The number of hydrogen-bond donors (Lipinski definition) is 1. The van der Waals surface area contributed by atoms with Gasteiger partial charge in [0.05, 0.1) is 22.5 Å². The minimum Gasteiger partial charge on any atom is -0.372 e. The SMILES string of the molecule is CCN(CC)c1ccc(/C=N\NC(=O)CN(c2c(C)n(C)n(-c3ccccc3)c2=O)S(=O)(=O)c2ccccc2)cc1. The van der Waals surface area contributed by atoms with Crippen molar-refractivity contribution in [2.75, 3.05) is 28.8 Å². The molecule has 1 N–H and O–H groups in total. The summed E-state index contributed by atoms with van der Waals surface area (Å²) in [5.74, 6) is -0.700. The molecule has 0 fully saturated rings. The van der Waals surface area contributed by atoms with E-state index in [9.17, 15) is 18.0 Å². The lowest BCUT2D eigenvalue weighted by Gasteiger charge is -2.22. The maximum absolute atomic E-state index is 13.8. The summed E-state index contributed by atoms with van der Waals surface area (Å²) in [6, 6.07) is 24.3. The Morgan fingerprint density at radius 1 is 0.927 bits per heavy atom. The predicted octanol–water partition coefficient (Wildman–Crippen LogP) is 3.68. The number of carbonyl (C=O) groups excluding carboxylic acids is 1. The van der Waals surface area contributed by atoms with Gasteiger partial charge in [0, 0.05) is 25.8 Å². The van der Waals surface area contributed by atoms with Crippen LogP contribution in [0, 0.1) is 6.92 Å². The highest BCUT2D eigenvalue weighted by molar-refractivity contribution is 7.92. The molecule has 0 aliphatic rings. The molecular formula is C30H34N6O4S. The second-order valence-corrected chi connectivity index (χ2v) is 11.2. The monoisotopic (exact) mass is 574 g/mol. The average molecular weight is 575 g/mol. The fraction of sp³-hybridized carbons (Fsp3) is 0.233. The van der Waals surface area contributed by atoms with Crippen LogP contribution >= 0.6 is 0 Å².